The first kappa shape index (κ1) is 12.9. The van der Waals surface area contributed by atoms with Gasteiger partial charge < -0.3 is 10.1 Å². The van der Waals surface area contributed by atoms with Crippen LogP contribution >= 0.6 is 0 Å². The fourth-order valence-electron chi connectivity index (χ4n) is 1.54. The molecule has 0 aromatic carbocycles. The van der Waals surface area contributed by atoms with Crippen molar-refractivity contribution in [3.05, 3.63) is 48.2 Å². The molecular formula is C13H14N4O2. The van der Waals surface area contributed by atoms with Crippen LogP contribution in [-0.4, -0.2) is 28.0 Å². The van der Waals surface area contributed by atoms with Crippen LogP contribution in [0.1, 0.15) is 29.1 Å². The Hall–Kier alpha value is -2.50. The molecule has 1 N–H and O–H groups in total. The maximum atomic E-state index is 11.2. The van der Waals surface area contributed by atoms with Crippen molar-refractivity contribution >= 4 is 11.8 Å². The van der Waals surface area contributed by atoms with E-state index in [2.05, 4.69) is 25.0 Å². The zero-order valence-corrected chi connectivity index (χ0v) is 10.7. The summed E-state index contributed by atoms with van der Waals surface area (Å²) >= 11 is 0. The van der Waals surface area contributed by atoms with Crippen LogP contribution in [0.3, 0.4) is 0 Å². The largest absolute Gasteiger partial charge is 0.464 e. The molecule has 0 fully saturated rings. The molecule has 6 heteroatoms. The molecule has 0 aliphatic rings. The molecule has 1 atom stereocenters. The molecule has 0 amide bonds. The lowest BCUT2D eigenvalue weighted by Gasteiger charge is -2.13. The fraction of sp³-hybridized carbons (Fsp3) is 0.231. The van der Waals surface area contributed by atoms with Crippen molar-refractivity contribution in [2.45, 2.75) is 13.0 Å². The molecule has 0 saturated heterocycles. The molecule has 0 radical (unpaired) electrons. The van der Waals surface area contributed by atoms with Gasteiger partial charge in [0.15, 0.2) is 5.69 Å². The molecule has 6 nitrogen and oxygen atoms in total. The van der Waals surface area contributed by atoms with Gasteiger partial charge in [-0.25, -0.2) is 14.8 Å². The molecule has 98 valence electrons. The number of anilines is 1. The van der Waals surface area contributed by atoms with E-state index >= 15 is 0 Å². The fourth-order valence-corrected chi connectivity index (χ4v) is 1.54. The second-order valence-corrected chi connectivity index (χ2v) is 3.90. The minimum absolute atomic E-state index is 0.000485. The molecule has 2 aromatic heterocycles. The Labute approximate surface area is 110 Å². The zero-order chi connectivity index (χ0) is 13.7. The van der Waals surface area contributed by atoms with E-state index in [1.54, 1.807) is 6.20 Å². The average molecular weight is 258 g/mol. The summed E-state index contributed by atoms with van der Waals surface area (Å²) in [6, 6.07) is 5.71. The number of rotatable bonds is 4. The number of nitrogens with one attached hydrogen (secondary N) is 1. The average Bonchev–Trinajstić information content (AvgIpc) is 2.48. The lowest BCUT2D eigenvalue weighted by Crippen LogP contribution is -2.11. The highest BCUT2D eigenvalue weighted by Gasteiger charge is 2.10. The third-order valence-electron chi connectivity index (χ3n) is 2.54. The molecule has 0 saturated carbocycles. The van der Waals surface area contributed by atoms with Crippen LogP contribution in [0.25, 0.3) is 0 Å². The molecule has 2 heterocycles. The van der Waals surface area contributed by atoms with E-state index in [0.717, 1.165) is 5.69 Å². The molecule has 19 heavy (non-hydrogen) atoms. The summed E-state index contributed by atoms with van der Waals surface area (Å²) in [6.45, 7) is 1.97. The molecule has 0 spiro atoms. The molecule has 0 bridgehead atoms. The SMILES string of the molecule is COC(=O)c1cnc(NC(C)c2ccccn2)cn1. The summed E-state index contributed by atoms with van der Waals surface area (Å²) in [7, 11) is 1.30. The molecular weight excluding hydrogens is 244 g/mol. The van der Waals surface area contributed by atoms with Crippen molar-refractivity contribution in [2.75, 3.05) is 12.4 Å². The molecule has 0 aliphatic carbocycles. The monoisotopic (exact) mass is 258 g/mol. The van der Waals surface area contributed by atoms with E-state index < -0.39 is 5.97 Å². The van der Waals surface area contributed by atoms with Crippen molar-refractivity contribution in [2.24, 2.45) is 0 Å². The minimum Gasteiger partial charge on any atom is -0.464 e. The van der Waals surface area contributed by atoms with Gasteiger partial charge in [0, 0.05) is 6.20 Å². The van der Waals surface area contributed by atoms with Gasteiger partial charge in [-0.05, 0) is 19.1 Å². The van der Waals surface area contributed by atoms with Gasteiger partial charge in [-0.15, -0.1) is 0 Å². The van der Waals surface area contributed by atoms with Crippen molar-refractivity contribution in [1.82, 2.24) is 15.0 Å². The summed E-state index contributed by atoms with van der Waals surface area (Å²) in [5, 5.41) is 3.15. The van der Waals surface area contributed by atoms with E-state index in [1.165, 1.54) is 19.5 Å². The number of ether oxygens (including phenoxy) is 1. The first-order chi connectivity index (χ1) is 9.20. The second-order valence-electron chi connectivity index (χ2n) is 3.90. The molecule has 2 rings (SSSR count). The predicted molar refractivity (Wildman–Crippen MR) is 69.6 cm³/mol. The smallest absolute Gasteiger partial charge is 0.358 e. The zero-order valence-electron chi connectivity index (χ0n) is 10.7. The topological polar surface area (TPSA) is 77.0 Å². The minimum atomic E-state index is -0.503. The lowest BCUT2D eigenvalue weighted by molar-refractivity contribution is 0.0593. The van der Waals surface area contributed by atoms with Crippen LogP contribution in [0.5, 0.6) is 0 Å². The maximum absolute atomic E-state index is 11.2. The summed E-state index contributed by atoms with van der Waals surface area (Å²) < 4.78 is 4.55. The van der Waals surface area contributed by atoms with E-state index in [9.17, 15) is 4.79 Å². The van der Waals surface area contributed by atoms with Gasteiger partial charge >= 0.3 is 5.97 Å². The van der Waals surface area contributed by atoms with Crippen LogP contribution in [0, 0.1) is 0 Å². The Bertz CT molecular complexity index is 542. The highest BCUT2D eigenvalue weighted by molar-refractivity contribution is 5.86. The standard InChI is InChI=1S/C13H14N4O2/c1-9(10-5-3-4-6-14-10)17-12-8-15-11(7-16-12)13(18)19-2/h3-9H,1-2H3,(H,16,17). The third kappa shape index (κ3) is 3.25. The number of methoxy groups -OCH3 is 1. The van der Waals surface area contributed by atoms with Crippen molar-refractivity contribution in [1.29, 1.82) is 0 Å². The summed E-state index contributed by atoms with van der Waals surface area (Å²) in [6.07, 6.45) is 4.60. The van der Waals surface area contributed by atoms with Crippen molar-refractivity contribution < 1.29 is 9.53 Å². The number of carbonyl (C=O) groups excluding carboxylic acids is 1. The first-order valence-corrected chi connectivity index (χ1v) is 5.78. The summed E-state index contributed by atoms with van der Waals surface area (Å²) in [5.41, 5.74) is 1.08. The Morgan fingerprint density at radius 3 is 2.68 bits per heavy atom. The first-order valence-electron chi connectivity index (χ1n) is 5.78. The highest BCUT2D eigenvalue weighted by atomic mass is 16.5. The van der Waals surface area contributed by atoms with Crippen LogP contribution in [0.15, 0.2) is 36.8 Å². The van der Waals surface area contributed by atoms with Gasteiger partial charge in [0.25, 0.3) is 0 Å². The number of hydrogen-bond acceptors (Lipinski definition) is 6. The Morgan fingerprint density at radius 2 is 2.11 bits per heavy atom. The predicted octanol–water partition coefficient (Wildman–Crippen LogP) is 1.83. The van der Waals surface area contributed by atoms with Crippen LogP contribution in [0.4, 0.5) is 5.82 Å². The second kappa shape index (κ2) is 5.90. The van der Waals surface area contributed by atoms with Gasteiger partial charge in [0.1, 0.15) is 5.82 Å². The third-order valence-corrected chi connectivity index (χ3v) is 2.54. The van der Waals surface area contributed by atoms with Gasteiger partial charge in [-0.3, -0.25) is 4.98 Å². The Balaban J connectivity index is 2.06. The molecule has 2 aromatic rings. The van der Waals surface area contributed by atoms with E-state index in [4.69, 9.17) is 0 Å². The van der Waals surface area contributed by atoms with E-state index in [1.807, 2.05) is 25.1 Å². The van der Waals surface area contributed by atoms with Gasteiger partial charge in [0.2, 0.25) is 0 Å². The number of carbonyl (C=O) groups is 1. The van der Waals surface area contributed by atoms with Crippen molar-refractivity contribution in [3.8, 4) is 0 Å². The summed E-state index contributed by atoms with van der Waals surface area (Å²) in [5.74, 6) is 0.0719. The summed E-state index contributed by atoms with van der Waals surface area (Å²) in [4.78, 5) is 23.5. The lowest BCUT2D eigenvalue weighted by atomic mass is 10.2. The maximum Gasteiger partial charge on any atom is 0.358 e. The van der Waals surface area contributed by atoms with Crippen LogP contribution < -0.4 is 5.32 Å². The number of aromatic nitrogens is 3. The van der Waals surface area contributed by atoms with Crippen LogP contribution in [0.2, 0.25) is 0 Å². The highest BCUT2D eigenvalue weighted by Crippen LogP contribution is 2.14. The quantitative estimate of drug-likeness (QED) is 0.843. The Kier molecular flexibility index (Phi) is 4.02. The number of hydrogen-bond donors (Lipinski definition) is 1. The number of pyridine rings is 1. The van der Waals surface area contributed by atoms with Crippen LogP contribution in [-0.2, 0) is 4.74 Å². The molecule has 0 aliphatic heterocycles. The normalized spacial score (nSPS) is 11.7. The van der Waals surface area contributed by atoms with E-state index in [0.29, 0.717) is 5.82 Å². The number of nitrogens with zero attached hydrogens (tertiary/aromatic N) is 3. The molecule has 1 unspecified atom stereocenters. The van der Waals surface area contributed by atoms with Crippen molar-refractivity contribution in [3.63, 3.8) is 0 Å². The van der Waals surface area contributed by atoms with Gasteiger partial charge in [-0.2, -0.15) is 0 Å². The van der Waals surface area contributed by atoms with Gasteiger partial charge in [-0.1, -0.05) is 6.07 Å². The van der Waals surface area contributed by atoms with Gasteiger partial charge in [0.05, 0.1) is 31.2 Å². The Morgan fingerprint density at radius 1 is 1.26 bits per heavy atom. The van der Waals surface area contributed by atoms with E-state index in [-0.39, 0.29) is 11.7 Å². The number of esters is 1.